The lowest BCUT2D eigenvalue weighted by Crippen LogP contribution is -2.12. The molecule has 128 valence electrons. The van der Waals surface area contributed by atoms with Gasteiger partial charge in [-0.05, 0) is 30.3 Å². The number of anilines is 1. The quantitative estimate of drug-likeness (QED) is 0.744. The topological polar surface area (TPSA) is 59.1 Å². The second-order valence-corrected chi connectivity index (χ2v) is 7.28. The number of halogens is 2. The van der Waals surface area contributed by atoms with Crippen LogP contribution in [-0.2, 0) is 10.8 Å². The fraction of sp³-hybridized carbons (Fsp3) is 0.0588. The predicted molar refractivity (Wildman–Crippen MR) is 94.2 cm³/mol. The van der Waals surface area contributed by atoms with Gasteiger partial charge in [-0.25, -0.2) is 13.8 Å². The predicted octanol–water partition coefficient (Wildman–Crippen LogP) is 4.08. The van der Waals surface area contributed by atoms with Crippen LogP contribution in [0.5, 0.6) is 0 Å². The van der Waals surface area contributed by atoms with E-state index >= 15 is 0 Å². The van der Waals surface area contributed by atoms with Crippen molar-refractivity contribution in [2.45, 2.75) is 4.90 Å². The van der Waals surface area contributed by atoms with E-state index < -0.39 is 28.3 Å². The first-order valence-corrected chi connectivity index (χ1v) is 9.54. The van der Waals surface area contributed by atoms with Crippen molar-refractivity contribution in [2.24, 2.45) is 0 Å². The first-order valence-electron chi connectivity index (χ1n) is 7.10. The van der Waals surface area contributed by atoms with E-state index in [0.29, 0.717) is 10.6 Å². The molecule has 3 rings (SSSR count). The molecule has 1 amide bonds. The van der Waals surface area contributed by atoms with Crippen LogP contribution >= 0.6 is 11.3 Å². The Kier molecular flexibility index (Phi) is 5.00. The number of thiazole rings is 1. The van der Waals surface area contributed by atoms with Gasteiger partial charge >= 0.3 is 0 Å². The second-order valence-electron chi connectivity index (χ2n) is 5.07. The molecule has 0 saturated carbocycles. The molecule has 0 unspecified atom stereocenters. The van der Waals surface area contributed by atoms with Crippen molar-refractivity contribution in [3.8, 4) is 10.6 Å². The number of carbonyl (C=O) groups excluding carboxylic acids is 1. The Labute approximate surface area is 149 Å². The van der Waals surface area contributed by atoms with E-state index in [0.717, 1.165) is 17.4 Å². The fourth-order valence-electron chi connectivity index (χ4n) is 2.14. The van der Waals surface area contributed by atoms with E-state index in [-0.39, 0.29) is 16.3 Å². The van der Waals surface area contributed by atoms with Gasteiger partial charge in [0.25, 0.3) is 5.91 Å². The summed E-state index contributed by atoms with van der Waals surface area (Å²) in [5.41, 5.74) is 0.635. The number of nitrogens with zero attached hydrogens (tertiary/aromatic N) is 1. The molecule has 4 nitrogen and oxygen atoms in total. The molecule has 3 aromatic rings. The number of rotatable bonds is 4. The summed E-state index contributed by atoms with van der Waals surface area (Å²) < 4.78 is 38.9. The SMILES string of the molecule is C[S@@](=O)c1ccc(NC(=O)c2csc(-c3ccccc3F)n2)cc1F. The van der Waals surface area contributed by atoms with E-state index in [1.165, 1.54) is 29.8 Å². The highest BCUT2D eigenvalue weighted by Gasteiger charge is 2.15. The highest BCUT2D eigenvalue weighted by atomic mass is 32.2. The van der Waals surface area contributed by atoms with E-state index in [4.69, 9.17) is 0 Å². The summed E-state index contributed by atoms with van der Waals surface area (Å²) in [5.74, 6) is -1.62. The summed E-state index contributed by atoms with van der Waals surface area (Å²) in [6, 6.07) is 10.1. The monoisotopic (exact) mass is 378 g/mol. The Bertz CT molecular complexity index is 973. The zero-order chi connectivity index (χ0) is 18.0. The second kappa shape index (κ2) is 7.20. The first kappa shape index (κ1) is 17.4. The van der Waals surface area contributed by atoms with Crippen molar-refractivity contribution in [1.29, 1.82) is 0 Å². The molecule has 0 fully saturated rings. The molecule has 2 aromatic carbocycles. The third-order valence-electron chi connectivity index (χ3n) is 3.34. The Balaban J connectivity index is 1.80. The normalized spacial score (nSPS) is 12.0. The van der Waals surface area contributed by atoms with Gasteiger partial charge in [-0.2, -0.15) is 0 Å². The molecular formula is C17H12F2N2O2S2. The van der Waals surface area contributed by atoms with Gasteiger partial charge < -0.3 is 5.32 Å². The molecule has 0 aliphatic heterocycles. The summed E-state index contributed by atoms with van der Waals surface area (Å²) in [4.78, 5) is 16.4. The summed E-state index contributed by atoms with van der Waals surface area (Å²) in [6.45, 7) is 0. The standard InChI is InChI=1S/C17H12F2N2O2S2/c1-25(23)15-7-6-10(8-13(15)19)20-16(22)14-9-24-17(21-14)11-4-2-3-5-12(11)18/h2-9H,1H3,(H,20,22)/t25-/m1/s1. The molecule has 25 heavy (non-hydrogen) atoms. The van der Waals surface area contributed by atoms with Gasteiger partial charge in [-0.1, -0.05) is 12.1 Å². The number of hydrogen-bond donors (Lipinski definition) is 1. The van der Waals surface area contributed by atoms with Crippen molar-refractivity contribution in [3.05, 3.63) is 65.2 Å². The van der Waals surface area contributed by atoms with Crippen molar-refractivity contribution in [3.63, 3.8) is 0 Å². The number of amides is 1. The van der Waals surface area contributed by atoms with Crippen LogP contribution in [0, 0.1) is 11.6 Å². The fourth-order valence-corrected chi connectivity index (χ4v) is 3.56. The minimum atomic E-state index is -1.45. The molecule has 0 aliphatic carbocycles. The maximum absolute atomic E-state index is 13.8. The van der Waals surface area contributed by atoms with Crippen LogP contribution in [0.15, 0.2) is 52.7 Å². The molecule has 1 heterocycles. The number of aromatic nitrogens is 1. The van der Waals surface area contributed by atoms with Gasteiger partial charge in [0.15, 0.2) is 0 Å². The third-order valence-corrected chi connectivity index (χ3v) is 5.17. The largest absolute Gasteiger partial charge is 0.321 e. The summed E-state index contributed by atoms with van der Waals surface area (Å²) in [6.07, 6.45) is 1.37. The van der Waals surface area contributed by atoms with Gasteiger partial charge in [0.1, 0.15) is 22.3 Å². The van der Waals surface area contributed by atoms with Crippen molar-refractivity contribution >= 4 is 33.7 Å². The minimum Gasteiger partial charge on any atom is -0.321 e. The lowest BCUT2D eigenvalue weighted by molar-refractivity contribution is 0.102. The van der Waals surface area contributed by atoms with Crippen LogP contribution in [0.4, 0.5) is 14.5 Å². The van der Waals surface area contributed by atoms with Crippen LogP contribution in [0.1, 0.15) is 10.5 Å². The molecule has 1 aromatic heterocycles. The molecule has 8 heteroatoms. The van der Waals surface area contributed by atoms with Gasteiger partial charge in [0, 0.05) is 22.9 Å². The lowest BCUT2D eigenvalue weighted by atomic mass is 10.2. The first-order chi connectivity index (χ1) is 12.0. The number of benzene rings is 2. The molecule has 0 saturated heterocycles. The lowest BCUT2D eigenvalue weighted by Gasteiger charge is -2.05. The number of hydrogen-bond acceptors (Lipinski definition) is 4. The average molecular weight is 378 g/mol. The zero-order valence-electron chi connectivity index (χ0n) is 13.0. The van der Waals surface area contributed by atoms with E-state index in [9.17, 15) is 17.8 Å². The molecule has 0 bridgehead atoms. The van der Waals surface area contributed by atoms with E-state index in [2.05, 4.69) is 10.3 Å². The van der Waals surface area contributed by atoms with Gasteiger partial charge in [-0.3, -0.25) is 9.00 Å². The van der Waals surface area contributed by atoms with Crippen LogP contribution in [0.2, 0.25) is 0 Å². The van der Waals surface area contributed by atoms with Crippen LogP contribution in [0.3, 0.4) is 0 Å². The van der Waals surface area contributed by atoms with E-state index in [1.807, 2.05) is 0 Å². The number of carbonyl (C=O) groups is 1. The Morgan fingerprint density at radius 2 is 1.92 bits per heavy atom. The highest BCUT2D eigenvalue weighted by Crippen LogP contribution is 2.26. The Morgan fingerprint density at radius 3 is 2.60 bits per heavy atom. The maximum atomic E-state index is 13.8. The van der Waals surface area contributed by atoms with Crippen molar-refractivity contribution in [2.75, 3.05) is 11.6 Å². The molecule has 0 spiro atoms. The molecule has 0 radical (unpaired) electrons. The Hall–Kier alpha value is -2.45. The van der Waals surface area contributed by atoms with Crippen LogP contribution in [-0.4, -0.2) is 21.4 Å². The molecule has 0 aliphatic rings. The van der Waals surface area contributed by atoms with Gasteiger partial charge in [0.05, 0.1) is 15.7 Å². The van der Waals surface area contributed by atoms with Crippen molar-refractivity contribution < 1.29 is 17.8 Å². The zero-order valence-corrected chi connectivity index (χ0v) is 14.6. The average Bonchev–Trinajstić information content (AvgIpc) is 3.05. The number of nitrogens with one attached hydrogen (secondary N) is 1. The Morgan fingerprint density at radius 1 is 1.16 bits per heavy atom. The minimum absolute atomic E-state index is 0.0634. The van der Waals surface area contributed by atoms with Crippen LogP contribution < -0.4 is 5.32 Å². The smallest absolute Gasteiger partial charge is 0.275 e. The molecule has 1 N–H and O–H groups in total. The summed E-state index contributed by atoms with van der Waals surface area (Å²) in [7, 11) is -1.45. The summed E-state index contributed by atoms with van der Waals surface area (Å²) >= 11 is 1.14. The van der Waals surface area contributed by atoms with Crippen molar-refractivity contribution in [1.82, 2.24) is 4.98 Å². The van der Waals surface area contributed by atoms with Gasteiger partial charge in [0.2, 0.25) is 0 Å². The van der Waals surface area contributed by atoms with Crippen LogP contribution in [0.25, 0.3) is 10.6 Å². The summed E-state index contributed by atoms with van der Waals surface area (Å²) in [5, 5.41) is 4.40. The maximum Gasteiger partial charge on any atom is 0.275 e. The molecular weight excluding hydrogens is 366 g/mol. The molecule has 1 atom stereocenters. The van der Waals surface area contributed by atoms with Gasteiger partial charge in [-0.15, -0.1) is 11.3 Å². The highest BCUT2D eigenvalue weighted by molar-refractivity contribution is 7.84. The van der Waals surface area contributed by atoms with E-state index in [1.54, 1.807) is 18.2 Å². The third kappa shape index (κ3) is 3.80.